The molecule has 0 heterocycles. The monoisotopic (exact) mass is 194 g/mol. The highest BCUT2D eigenvalue weighted by Crippen LogP contribution is 2.13. The normalized spacial score (nSPS) is 13.9. The molecule has 0 aliphatic heterocycles. The van der Waals surface area contributed by atoms with Gasteiger partial charge in [0.1, 0.15) is 11.5 Å². The minimum Gasteiger partial charge on any atom is -0.240 e. The first-order chi connectivity index (χ1) is 5.34. The summed E-state index contributed by atoms with van der Waals surface area (Å²) in [6.45, 7) is 5.20. The second kappa shape index (κ2) is 4.30. The molecule has 0 amide bonds. The summed E-state index contributed by atoms with van der Waals surface area (Å²) in [5.41, 5.74) is -0.316. The molecule has 0 aromatic heterocycles. The molecule has 0 N–H and O–H groups in total. The zero-order chi connectivity index (χ0) is 9.78. The Bertz CT molecular complexity index is 228. The molecule has 0 bridgehead atoms. The maximum Gasteiger partial charge on any atom is 0.283 e. The maximum atomic E-state index is 12.4. The summed E-state index contributed by atoms with van der Waals surface area (Å²) in [7, 11) is 0. The Morgan fingerprint density at radius 1 is 1.58 bits per heavy atom. The summed E-state index contributed by atoms with van der Waals surface area (Å²) in [4.78, 5) is 6.77. The van der Waals surface area contributed by atoms with Gasteiger partial charge in [0.25, 0.3) is 5.92 Å². The van der Waals surface area contributed by atoms with Gasteiger partial charge >= 0.3 is 0 Å². The number of hydrogen-bond donors (Lipinski definition) is 0. The molecule has 0 rings (SSSR count). The smallest absolute Gasteiger partial charge is 0.240 e. The zero-order valence-corrected chi connectivity index (χ0v) is 7.57. The van der Waals surface area contributed by atoms with Crippen LogP contribution in [0.2, 0.25) is 0 Å². The quantitative estimate of drug-likeness (QED) is 0.375. The molecule has 12 heavy (non-hydrogen) atoms. The van der Waals surface area contributed by atoms with Crippen LogP contribution >= 0.6 is 11.6 Å². The van der Waals surface area contributed by atoms with E-state index in [2.05, 4.69) is 16.6 Å². The van der Waals surface area contributed by atoms with E-state index in [1.165, 1.54) is 6.92 Å². The van der Waals surface area contributed by atoms with Gasteiger partial charge in [-0.2, -0.15) is 0 Å². The van der Waals surface area contributed by atoms with Crippen LogP contribution in [-0.2, 0) is 0 Å². The minimum atomic E-state index is -2.92. The van der Waals surface area contributed by atoms with Gasteiger partial charge in [-0.1, -0.05) is 18.2 Å². The average Bonchev–Trinajstić information content (AvgIpc) is 1.84. The fourth-order valence-corrected chi connectivity index (χ4v) is 0.335. The SMILES string of the molecule is C=C(Cl)N=CN=C(C)C(C)(F)F. The van der Waals surface area contributed by atoms with E-state index in [1.807, 2.05) is 0 Å². The maximum absolute atomic E-state index is 12.4. The lowest BCUT2D eigenvalue weighted by atomic mass is 10.2. The molecule has 0 aromatic carbocycles. The fourth-order valence-electron chi connectivity index (χ4n) is 0.291. The topological polar surface area (TPSA) is 24.7 Å². The van der Waals surface area contributed by atoms with E-state index in [4.69, 9.17) is 11.6 Å². The van der Waals surface area contributed by atoms with Crippen LogP contribution in [0.15, 0.2) is 21.7 Å². The van der Waals surface area contributed by atoms with Crippen LogP contribution in [-0.4, -0.2) is 18.0 Å². The molecule has 68 valence electrons. The largest absolute Gasteiger partial charge is 0.283 e. The predicted octanol–water partition coefficient (Wildman–Crippen LogP) is 2.84. The zero-order valence-electron chi connectivity index (χ0n) is 6.81. The van der Waals surface area contributed by atoms with Gasteiger partial charge in [-0.3, -0.25) is 0 Å². The van der Waals surface area contributed by atoms with Crippen LogP contribution in [0.25, 0.3) is 0 Å². The van der Waals surface area contributed by atoms with Crippen molar-refractivity contribution in [1.29, 1.82) is 0 Å². The Hall–Kier alpha value is -0.770. The molecule has 2 nitrogen and oxygen atoms in total. The highest BCUT2D eigenvalue weighted by molar-refractivity contribution is 6.29. The number of halogens is 3. The van der Waals surface area contributed by atoms with Crippen LogP contribution in [0.5, 0.6) is 0 Å². The highest BCUT2D eigenvalue weighted by Gasteiger charge is 2.24. The molecule has 0 fully saturated rings. The van der Waals surface area contributed by atoms with E-state index in [1.54, 1.807) is 0 Å². The molecule has 0 aromatic rings. The molecule has 0 unspecified atom stereocenters. The molecular weight excluding hydrogens is 186 g/mol. The summed E-state index contributed by atoms with van der Waals surface area (Å²) >= 11 is 5.23. The van der Waals surface area contributed by atoms with Crippen molar-refractivity contribution in [1.82, 2.24) is 0 Å². The van der Waals surface area contributed by atoms with Crippen LogP contribution < -0.4 is 0 Å². The average molecular weight is 195 g/mol. The van der Waals surface area contributed by atoms with Crippen LogP contribution in [0, 0.1) is 0 Å². The van der Waals surface area contributed by atoms with Crippen LogP contribution in [0.4, 0.5) is 8.78 Å². The van der Waals surface area contributed by atoms with Gasteiger partial charge in [0, 0.05) is 6.92 Å². The fraction of sp³-hybridized carbons (Fsp3) is 0.429. The molecule has 0 atom stereocenters. The second-order valence-electron chi connectivity index (χ2n) is 2.22. The van der Waals surface area contributed by atoms with E-state index >= 15 is 0 Å². The Balaban J connectivity index is 4.29. The Kier molecular flexibility index (Phi) is 4.03. The first-order valence-electron chi connectivity index (χ1n) is 3.13. The lowest BCUT2D eigenvalue weighted by Gasteiger charge is -2.06. The van der Waals surface area contributed by atoms with Crippen molar-refractivity contribution < 1.29 is 8.78 Å². The Labute approximate surface area is 74.7 Å². The lowest BCUT2D eigenvalue weighted by molar-refractivity contribution is 0.1000. The molecule has 0 radical (unpaired) electrons. The van der Waals surface area contributed by atoms with E-state index in [0.717, 1.165) is 13.3 Å². The van der Waals surface area contributed by atoms with Crippen molar-refractivity contribution in [2.75, 3.05) is 0 Å². The predicted molar refractivity (Wildman–Crippen MR) is 47.2 cm³/mol. The molecule has 5 heteroatoms. The van der Waals surface area contributed by atoms with Gasteiger partial charge < -0.3 is 0 Å². The van der Waals surface area contributed by atoms with E-state index < -0.39 is 5.92 Å². The Morgan fingerprint density at radius 3 is 2.42 bits per heavy atom. The molecular formula is C7H9ClF2N2. The van der Waals surface area contributed by atoms with Crippen molar-refractivity contribution in [2.45, 2.75) is 19.8 Å². The first-order valence-corrected chi connectivity index (χ1v) is 3.51. The summed E-state index contributed by atoms with van der Waals surface area (Å²) < 4.78 is 24.8. The number of rotatable bonds is 3. The molecule has 0 spiro atoms. The third-order valence-corrected chi connectivity index (χ3v) is 1.18. The standard InChI is InChI=1S/C7H9ClF2N2/c1-5(7(3,9)10)11-4-12-6(2)8/h4H,2H2,1,3H3. The van der Waals surface area contributed by atoms with Crippen LogP contribution in [0.3, 0.4) is 0 Å². The van der Waals surface area contributed by atoms with Crippen molar-refractivity contribution in [2.24, 2.45) is 9.98 Å². The summed E-state index contributed by atoms with van der Waals surface area (Å²) in [6, 6.07) is 0. The van der Waals surface area contributed by atoms with Gasteiger partial charge in [-0.15, -0.1) is 0 Å². The molecule has 0 aliphatic carbocycles. The van der Waals surface area contributed by atoms with Crippen molar-refractivity contribution in [3.63, 3.8) is 0 Å². The summed E-state index contributed by atoms with van der Waals surface area (Å²) in [5, 5.41) is 0.00553. The molecule has 0 aliphatic rings. The minimum absolute atomic E-state index is 0.00553. The van der Waals surface area contributed by atoms with E-state index in [-0.39, 0.29) is 10.9 Å². The first kappa shape index (κ1) is 11.2. The number of aliphatic imine (C=N–C) groups is 2. The van der Waals surface area contributed by atoms with Gasteiger partial charge in [0.2, 0.25) is 0 Å². The molecule has 0 saturated carbocycles. The second-order valence-corrected chi connectivity index (χ2v) is 2.66. The van der Waals surface area contributed by atoms with Gasteiger partial charge in [-0.05, 0) is 6.92 Å². The molecule has 0 saturated heterocycles. The van der Waals surface area contributed by atoms with Gasteiger partial charge in [0.15, 0.2) is 0 Å². The number of nitrogens with zero attached hydrogens (tertiary/aromatic N) is 2. The van der Waals surface area contributed by atoms with Crippen molar-refractivity contribution >= 4 is 23.7 Å². The number of hydrogen-bond acceptors (Lipinski definition) is 1. The third-order valence-electron chi connectivity index (χ3n) is 1.08. The summed E-state index contributed by atoms with van der Waals surface area (Å²) in [6.07, 6.45) is 0.947. The van der Waals surface area contributed by atoms with E-state index in [0.29, 0.717) is 0 Å². The van der Waals surface area contributed by atoms with Crippen LogP contribution in [0.1, 0.15) is 13.8 Å². The summed E-state index contributed by atoms with van der Waals surface area (Å²) in [5.74, 6) is -2.92. The van der Waals surface area contributed by atoms with Crippen molar-refractivity contribution in [3.8, 4) is 0 Å². The van der Waals surface area contributed by atoms with E-state index in [9.17, 15) is 8.78 Å². The van der Waals surface area contributed by atoms with Crippen molar-refractivity contribution in [3.05, 3.63) is 11.7 Å². The highest BCUT2D eigenvalue weighted by atomic mass is 35.5. The Morgan fingerprint density at radius 2 is 2.08 bits per heavy atom. The van der Waals surface area contributed by atoms with Gasteiger partial charge in [0.05, 0.1) is 5.71 Å². The lowest BCUT2D eigenvalue weighted by Crippen LogP contribution is -2.21. The van der Waals surface area contributed by atoms with Gasteiger partial charge in [-0.25, -0.2) is 18.8 Å². The third kappa shape index (κ3) is 4.96. The number of alkyl halides is 2.